The molecule has 0 heterocycles. The summed E-state index contributed by atoms with van der Waals surface area (Å²) < 4.78 is 16.9. The number of carbonyl (C=O) groups is 3. The van der Waals surface area contributed by atoms with E-state index < -0.39 is 6.10 Å². The zero-order chi connectivity index (χ0) is 45.4. The van der Waals surface area contributed by atoms with Crippen LogP contribution in [0.25, 0.3) is 0 Å². The summed E-state index contributed by atoms with van der Waals surface area (Å²) >= 11 is 0. The molecule has 1 unspecified atom stereocenters. The summed E-state index contributed by atoms with van der Waals surface area (Å²) in [5.74, 6) is 0.850. The van der Waals surface area contributed by atoms with Gasteiger partial charge in [-0.05, 0) is 31.1 Å². The van der Waals surface area contributed by atoms with Crippen LogP contribution in [0, 0.1) is 11.8 Å². The minimum absolute atomic E-state index is 0.0634. The standard InChI is InChI=1S/C56H108O6/c1-6-8-9-10-11-12-13-14-19-22-25-31-36-41-46-54(57)60-49-53(62-56(59)48-43-38-33-28-27-30-35-40-45-52(5)7-2)50-61-55(58)47-42-37-32-26-23-20-17-15-16-18-21-24-29-34-39-44-51(3)4/h51-53H,6-50H2,1-5H3/t52?,53-/m0/s1. The molecule has 0 aliphatic carbocycles. The van der Waals surface area contributed by atoms with Gasteiger partial charge in [0.25, 0.3) is 0 Å². The SMILES string of the molecule is CCCCCCCCCCCCCCCCC(=O)OC[C@@H](COC(=O)CCCCCCCCCCCCCCCCCC(C)C)OC(=O)CCCCCCCCCCC(C)CC. The molecule has 0 aliphatic rings. The molecule has 0 amide bonds. The normalized spacial score (nSPS) is 12.5. The Labute approximate surface area is 387 Å². The van der Waals surface area contributed by atoms with Crippen LogP contribution in [0.3, 0.4) is 0 Å². The summed E-state index contributed by atoms with van der Waals surface area (Å²) in [6, 6.07) is 0. The molecule has 368 valence electrons. The quantitative estimate of drug-likeness (QED) is 0.0344. The van der Waals surface area contributed by atoms with E-state index in [0.717, 1.165) is 69.6 Å². The summed E-state index contributed by atoms with van der Waals surface area (Å²) in [5, 5.41) is 0. The molecule has 0 aromatic heterocycles. The lowest BCUT2D eigenvalue weighted by Gasteiger charge is -2.18. The molecule has 0 aliphatic heterocycles. The molecule has 6 heteroatoms. The third-order valence-electron chi connectivity index (χ3n) is 13.1. The fourth-order valence-electron chi connectivity index (χ4n) is 8.49. The summed E-state index contributed by atoms with van der Waals surface area (Å²) in [4.78, 5) is 38.0. The maximum Gasteiger partial charge on any atom is 0.306 e. The van der Waals surface area contributed by atoms with Crippen molar-refractivity contribution in [2.45, 2.75) is 317 Å². The molecule has 2 atom stereocenters. The van der Waals surface area contributed by atoms with Gasteiger partial charge in [0.2, 0.25) is 0 Å². The van der Waals surface area contributed by atoms with Gasteiger partial charge in [0.05, 0.1) is 0 Å². The highest BCUT2D eigenvalue weighted by atomic mass is 16.6. The van der Waals surface area contributed by atoms with Crippen molar-refractivity contribution in [2.24, 2.45) is 11.8 Å². The number of hydrogen-bond donors (Lipinski definition) is 0. The number of hydrogen-bond acceptors (Lipinski definition) is 6. The van der Waals surface area contributed by atoms with Gasteiger partial charge in [-0.3, -0.25) is 14.4 Å². The Hall–Kier alpha value is -1.59. The van der Waals surface area contributed by atoms with E-state index in [4.69, 9.17) is 14.2 Å². The Morgan fingerprint density at radius 2 is 0.613 bits per heavy atom. The average molecular weight is 877 g/mol. The van der Waals surface area contributed by atoms with Gasteiger partial charge in [-0.2, -0.15) is 0 Å². The lowest BCUT2D eigenvalue weighted by molar-refractivity contribution is -0.167. The van der Waals surface area contributed by atoms with Crippen molar-refractivity contribution in [1.29, 1.82) is 0 Å². The van der Waals surface area contributed by atoms with Crippen LogP contribution in [-0.4, -0.2) is 37.2 Å². The van der Waals surface area contributed by atoms with Crippen LogP contribution in [0.5, 0.6) is 0 Å². The van der Waals surface area contributed by atoms with Crippen molar-refractivity contribution in [1.82, 2.24) is 0 Å². The summed E-state index contributed by atoms with van der Waals surface area (Å²) in [7, 11) is 0. The van der Waals surface area contributed by atoms with Gasteiger partial charge in [-0.1, -0.05) is 272 Å². The Morgan fingerprint density at radius 1 is 0.339 bits per heavy atom. The highest BCUT2D eigenvalue weighted by Crippen LogP contribution is 2.18. The van der Waals surface area contributed by atoms with Gasteiger partial charge in [0.1, 0.15) is 13.2 Å². The molecule has 62 heavy (non-hydrogen) atoms. The topological polar surface area (TPSA) is 78.9 Å². The largest absolute Gasteiger partial charge is 0.462 e. The molecule has 0 spiro atoms. The molecule has 0 aromatic carbocycles. The van der Waals surface area contributed by atoms with Crippen LogP contribution in [0.4, 0.5) is 0 Å². The van der Waals surface area contributed by atoms with Crippen molar-refractivity contribution in [3.05, 3.63) is 0 Å². The maximum absolute atomic E-state index is 12.8. The van der Waals surface area contributed by atoms with E-state index in [-0.39, 0.29) is 31.1 Å². The minimum Gasteiger partial charge on any atom is -0.462 e. The molecule has 0 saturated carbocycles. The molecule has 0 rings (SSSR count). The summed E-state index contributed by atoms with van der Waals surface area (Å²) in [6.07, 6.45) is 50.8. The van der Waals surface area contributed by atoms with Gasteiger partial charge in [-0.25, -0.2) is 0 Å². The van der Waals surface area contributed by atoms with Crippen LogP contribution in [0.15, 0.2) is 0 Å². The highest BCUT2D eigenvalue weighted by molar-refractivity contribution is 5.71. The second-order valence-electron chi connectivity index (χ2n) is 19.9. The van der Waals surface area contributed by atoms with E-state index in [1.54, 1.807) is 0 Å². The predicted octanol–water partition coefficient (Wildman–Crippen LogP) is 18.1. The van der Waals surface area contributed by atoms with Crippen molar-refractivity contribution in [2.75, 3.05) is 13.2 Å². The first-order valence-corrected chi connectivity index (χ1v) is 27.8. The summed E-state index contributed by atoms with van der Waals surface area (Å²) in [6.45, 7) is 11.4. The van der Waals surface area contributed by atoms with Crippen molar-refractivity contribution in [3.63, 3.8) is 0 Å². The van der Waals surface area contributed by atoms with E-state index in [2.05, 4.69) is 34.6 Å². The average Bonchev–Trinajstić information content (AvgIpc) is 3.26. The first-order chi connectivity index (χ1) is 30.3. The van der Waals surface area contributed by atoms with Gasteiger partial charge >= 0.3 is 17.9 Å². The van der Waals surface area contributed by atoms with E-state index in [9.17, 15) is 14.4 Å². The van der Waals surface area contributed by atoms with Crippen molar-refractivity contribution >= 4 is 17.9 Å². The van der Waals surface area contributed by atoms with Crippen LogP contribution >= 0.6 is 0 Å². The lowest BCUT2D eigenvalue weighted by Crippen LogP contribution is -2.30. The Kier molecular flexibility index (Phi) is 47.6. The fraction of sp³-hybridized carbons (Fsp3) is 0.946. The van der Waals surface area contributed by atoms with E-state index >= 15 is 0 Å². The van der Waals surface area contributed by atoms with Crippen LogP contribution in [0.1, 0.15) is 311 Å². The number of unbranched alkanes of at least 4 members (excludes halogenated alkanes) is 34. The Bertz CT molecular complexity index is 949. The van der Waals surface area contributed by atoms with Crippen LogP contribution in [-0.2, 0) is 28.6 Å². The second-order valence-corrected chi connectivity index (χ2v) is 19.9. The smallest absolute Gasteiger partial charge is 0.306 e. The highest BCUT2D eigenvalue weighted by Gasteiger charge is 2.19. The molecular weight excluding hydrogens is 769 g/mol. The number of carbonyl (C=O) groups excluding carboxylic acids is 3. The lowest BCUT2D eigenvalue weighted by atomic mass is 9.99. The first kappa shape index (κ1) is 60.4. The summed E-state index contributed by atoms with van der Waals surface area (Å²) in [5.41, 5.74) is 0. The van der Waals surface area contributed by atoms with Crippen LogP contribution < -0.4 is 0 Å². The van der Waals surface area contributed by atoms with E-state index in [1.807, 2.05) is 0 Å². The minimum atomic E-state index is -0.762. The van der Waals surface area contributed by atoms with Gasteiger partial charge in [0, 0.05) is 19.3 Å². The molecule has 6 nitrogen and oxygen atoms in total. The monoisotopic (exact) mass is 877 g/mol. The first-order valence-electron chi connectivity index (χ1n) is 27.8. The maximum atomic E-state index is 12.8. The molecule has 0 bridgehead atoms. The molecule has 0 fully saturated rings. The third-order valence-corrected chi connectivity index (χ3v) is 13.1. The van der Waals surface area contributed by atoms with Gasteiger partial charge < -0.3 is 14.2 Å². The molecule has 0 radical (unpaired) electrons. The molecule has 0 N–H and O–H groups in total. The molecule has 0 aromatic rings. The number of ether oxygens (including phenoxy) is 3. The van der Waals surface area contributed by atoms with Gasteiger partial charge in [-0.15, -0.1) is 0 Å². The molecule has 0 saturated heterocycles. The second kappa shape index (κ2) is 48.9. The fourth-order valence-corrected chi connectivity index (χ4v) is 8.49. The van der Waals surface area contributed by atoms with E-state index in [1.165, 1.54) is 199 Å². The zero-order valence-corrected chi connectivity index (χ0v) is 42.5. The zero-order valence-electron chi connectivity index (χ0n) is 42.5. The Morgan fingerprint density at radius 3 is 0.919 bits per heavy atom. The number of esters is 3. The third kappa shape index (κ3) is 47.9. The van der Waals surface area contributed by atoms with E-state index in [0.29, 0.717) is 19.3 Å². The molecular formula is C56H108O6. The van der Waals surface area contributed by atoms with Gasteiger partial charge in [0.15, 0.2) is 6.10 Å². The van der Waals surface area contributed by atoms with Crippen molar-refractivity contribution in [3.8, 4) is 0 Å². The predicted molar refractivity (Wildman–Crippen MR) is 266 cm³/mol. The van der Waals surface area contributed by atoms with Crippen molar-refractivity contribution < 1.29 is 28.6 Å². The number of rotatable bonds is 50. The van der Waals surface area contributed by atoms with Crippen LogP contribution in [0.2, 0.25) is 0 Å². The Balaban J connectivity index is 4.28.